The number of hydrogen-bond acceptors (Lipinski definition) is 3. The van der Waals surface area contributed by atoms with E-state index >= 15 is 0 Å². The normalized spacial score (nSPS) is 19.5. The van der Waals surface area contributed by atoms with Gasteiger partial charge in [-0.1, -0.05) is 25.3 Å². The highest BCUT2D eigenvalue weighted by atomic mass is 15.2. The smallest absolute Gasteiger partial charge is 0.0485 e. The Bertz CT molecular complexity index is 319. The Balaban J connectivity index is 2.07. The predicted octanol–water partition coefficient (Wildman–Crippen LogP) is 2.35. The zero-order chi connectivity index (χ0) is 12.1. The molecule has 0 saturated heterocycles. The molecule has 0 amide bonds. The van der Waals surface area contributed by atoms with E-state index in [4.69, 9.17) is 5.73 Å². The third-order valence-electron chi connectivity index (χ3n) is 3.93. The molecule has 3 nitrogen and oxygen atoms in total. The van der Waals surface area contributed by atoms with Crippen molar-refractivity contribution in [3.63, 3.8) is 0 Å². The van der Waals surface area contributed by atoms with E-state index in [-0.39, 0.29) is 0 Å². The molecule has 3 heteroatoms. The first-order chi connectivity index (χ1) is 8.33. The largest absolute Gasteiger partial charge is 0.329 e. The van der Waals surface area contributed by atoms with Gasteiger partial charge in [0.25, 0.3) is 0 Å². The van der Waals surface area contributed by atoms with Crippen LogP contribution in [0, 0.1) is 0 Å². The number of nitrogens with two attached hydrogens (primary N) is 1. The fourth-order valence-corrected chi connectivity index (χ4v) is 2.85. The molecular formula is C14H23N3. The van der Waals surface area contributed by atoms with Crippen LogP contribution in [0.1, 0.15) is 43.7 Å². The average molecular weight is 233 g/mol. The van der Waals surface area contributed by atoms with Gasteiger partial charge in [0, 0.05) is 31.0 Å². The lowest BCUT2D eigenvalue weighted by molar-refractivity contribution is 0.140. The SMILES string of the molecule is CN(C1CCCCC1)C(CN)c1cccnc1. The molecule has 1 fully saturated rings. The third kappa shape index (κ3) is 3.05. The second-order valence-corrected chi connectivity index (χ2v) is 5.00. The topological polar surface area (TPSA) is 42.1 Å². The number of likely N-dealkylation sites (N-methyl/N-ethyl adjacent to an activating group) is 1. The Labute approximate surface area is 104 Å². The molecule has 0 aromatic carbocycles. The molecule has 1 heterocycles. The van der Waals surface area contributed by atoms with Crippen molar-refractivity contribution in [3.8, 4) is 0 Å². The van der Waals surface area contributed by atoms with E-state index in [1.165, 1.54) is 37.7 Å². The van der Waals surface area contributed by atoms with E-state index in [1.807, 2.05) is 18.5 Å². The first-order valence-electron chi connectivity index (χ1n) is 6.65. The molecule has 2 rings (SSSR count). The molecule has 1 saturated carbocycles. The molecule has 1 unspecified atom stereocenters. The van der Waals surface area contributed by atoms with Crippen LogP contribution in [0.15, 0.2) is 24.5 Å². The molecule has 1 aliphatic carbocycles. The van der Waals surface area contributed by atoms with Gasteiger partial charge in [0.05, 0.1) is 0 Å². The first-order valence-corrected chi connectivity index (χ1v) is 6.65. The molecule has 0 aliphatic heterocycles. The van der Waals surface area contributed by atoms with E-state index in [0.717, 1.165) is 0 Å². The maximum Gasteiger partial charge on any atom is 0.0485 e. The molecule has 1 aromatic rings. The number of rotatable bonds is 4. The summed E-state index contributed by atoms with van der Waals surface area (Å²) in [5.74, 6) is 0. The molecule has 1 atom stereocenters. The van der Waals surface area contributed by atoms with Crippen LogP contribution in [0.2, 0.25) is 0 Å². The molecule has 1 aromatic heterocycles. The van der Waals surface area contributed by atoms with Gasteiger partial charge < -0.3 is 5.73 Å². The summed E-state index contributed by atoms with van der Waals surface area (Å²) in [5, 5.41) is 0. The summed E-state index contributed by atoms with van der Waals surface area (Å²) in [6.45, 7) is 0.665. The minimum atomic E-state index is 0.312. The molecule has 94 valence electrons. The van der Waals surface area contributed by atoms with E-state index in [1.54, 1.807) is 0 Å². The van der Waals surface area contributed by atoms with Crippen LogP contribution in [-0.2, 0) is 0 Å². The fourth-order valence-electron chi connectivity index (χ4n) is 2.85. The molecule has 17 heavy (non-hydrogen) atoms. The standard InChI is InChI=1S/C14H23N3/c1-17(13-7-3-2-4-8-13)14(10-15)12-6-5-9-16-11-12/h5-6,9,11,13-14H,2-4,7-8,10,15H2,1H3. The van der Waals surface area contributed by atoms with Crippen molar-refractivity contribution in [3.05, 3.63) is 30.1 Å². The Morgan fingerprint density at radius 1 is 1.41 bits per heavy atom. The molecule has 0 radical (unpaired) electrons. The Kier molecular flexibility index (Phi) is 4.51. The van der Waals surface area contributed by atoms with Crippen molar-refractivity contribution >= 4 is 0 Å². The summed E-state index contributed by atoms with van der Waals surface area (Å²) >= 11 is 0. The molecular weight excluding hydrogens is 210 g/mol. The summed E-state index contributed by atoms with van der Waals surface area (Å²) in [6, 6.07) is 5.13. The Hall–Kier alpha value is -0.930. The van der Waals surface area contributed by atoms with Gasteiger partial charge >= 0.3 is 0 Å². The van der Waals surface area contributed by atoms with Crippen LogP contribution < -0.4 is 5.73 Å². The van der Waals surface area contributed by atoms with Gasteiger partial charge in [-0.3, -0.25) is 9.88 Å². The third-order valence-corrected chi connectivity index (χ3v) is 3.93. The van der Waals surface area contributed by atoms with E-state index in [2.05, 4.69) is 23.0 Å². The lowest BCUT2D eigenvalue weighted by Crippen LogP contribution is -2.39. The van der Waals surface area contributed by atoms with Crippen LogP contribution in [0.4, 0.5) is 0 Å². The van der Waals surface area contributed by atoms with Crippen molar-refractivity contribution in [2.24, 2.45) is 5.73 Å². The van der Waals surface area contributed by atoms with Gasteiger partial charge in [-0.25, -0.2) is 0 Å². The van der Waals surface area contributed by atoms with Crippen molar-refractivity contribution in [1.82, 2.24) is 9.88 Å². The van der Waals surface area contributed by atoms with Crippen molar-refractivity contribution in [1.29, 1.82) is 0 Å². The van der Waals surface area contributed by atoms with Crippen LogP contribution in [0.3, 0.4) is 0 Å². The quantitative estimate of drug-likeness (QED) is 0.868. The van der Waals surface area contributed by atoms with E-state index in [0.29, 0.717) is 18.6 Å². The Morgan fingerprint density at radius 2 is 2.18 bits per heavy atom. The van der Waals surface area contributed by atoms with Crippen LogP contribution >= 0.6 is 0 Å². The highest BCUT2D eigenvalue weighted by Gasteiger charge is 2.24. The number of nitrogens with zero attached hydrogens (tertiary/aromatic N) is 2. The maximum absolute atomic E-state index is 5.94. The van der Waals surface area contributed by atoms with Crippen molar-refractivity contribution in [2.45, 2.75) is 44.2 Å². The molecule has 0 spiro atoms. The van der Waals surface area contributed by atoms with E-state index < -0.39 is 0 Å². The lowest BCUT2D eigenvalue weighted by atomic mass is 9.92. The average Bonchev–Trinajstić information content (AvgIpc) is 2.42. The summed E-state index contributed by atoms with van der Waals surface area (Å²) in [5.41, 5.74) is 7.18. The maximum atomic E-state index is 5.94. The van der Waals surface area contributed by atoms with Crippen molar-refractivity contribution in [2.75, 3.05) is 13.6 Å². The fraction of sp³-hybridized carbons (Fsp3) is 0.643. The van der Waals surface area contributed by atoms with Gasteiger partial charge in [-0.15, -0.1) is 0 Å². The highest BCUT2D eigenvalue weighted by molar-refractivity contribution is 5.14. The summed E-state index contributed by atoms with van der Waals surface area (Å²) in [7, 11) is 2.21. The second kappa shape index (κ2) is 6.12. The van der Waals surface area contributed by atoms with Crippen LogP contribution in [0.25, 0.3) is 0 Å². The number of aromatic nitrogens is 1. The minimum absolute atomic E-state index is 0.312. The monoisotopic (exact) mass is 233 g/mol. The van der Waals surface area contributed by atoms with Gasteiger partial charge in [0.2, 0.25) is 0 Å². The van der Waals surface area contributed by atoms with Gasteiger partial charge in [-0.05, 0) is 31.5 Å². The number of hydrogen-bond donors (Lipinski definition) is 1. The van der Waals surface area contributed by atoms with Gasteiger partial charge in [0.15, 0.2) is 0 Å². The molecule has 1 aliphatic rings. The Morgan fingerprint density at radius 3 is 2.76 bits per heavy atom. The summed E-state index contributed by atoms with van der Waals surface area (Å²) in [6.07, 6.45) is 10.5. The van der Waals surface area contributed by atoms with Crippen LogP contribution in [0.5, 0.6) is 0 Å². The molecule has 0 bridgehead atoms. The number of pyridine rings is 1. The van der Waals surface area contributed by atoms with Gasteiger partial charge in [0.1, 0.15) is 0 Å². The second-order valence-electron chi connectivity index (χ2n) is 5.00. The van der Waals surface area contributed by atoms with Crippen molar-refractivity contribution < 1.29 is 0 Å². The summed E-state index contributed by atoms with van der Waals surface area (Å²) < 4.78 is 0. The molecule has 2 N–H and O–H groups in total. The predicted molar refractivity (Wildman–Crippen MR) is 70.7 cm³/mol. The summed E-state index contributed by atoms with van der Waals surface area (Å²) in [4.78, 5) is 6.65. The zero-order valence-electron chi connectivity index (χ0n) is 10.7. The lowest BCUT2D eigenvalue weighted by Gasteiger charge is -2.36. The highest BCUT2D eigenvalue weighted by Crippen LogP contribution is 2.27. The van der Waals surface area contributed by atoms with E-state index in [9.17, 15) is 0 Å². The van der Waals surface area contributed by atoms with Crippen LogP contribution in [-0.4, -0.2) is 29.5 Å². The van der Waals surface area contributed by atoms with Gasteiger partial charge in [-0.2, -0.15) is 0 Å². The minimum Gasteiger partial charge on any atom is -0.329 e. The zero-order valence-corrected chi connectivity index (χ0v) is 10.7. The first kappa shape index (κ1) is 12.5.